The van der Waals surface area contributed by atoms with Crippen LogP contribution in [0.3, 0.4) is 0 Å². The number of hydrogen-bond acceptors (Lipinski definition) is 6. The normalized spacial score (nSPS) is 17.5. The highest BCUT2D eigenvalue weighted by Crippen LogP contribution is 2.35. The molecule has 2 fully saturated rings. The number of benzene rings is 2. The fraction of sp³-hybridized carbons (Fsp3) is 0.462. The summed E-state index contributed by atoms with van der Waals surface area (Å²) in [5.74, 6) is 1.46. The molecular formula is C26H30N4O3. The third-order valence-corrected chi connectivity index (χ3v) is 6.74. The summed E-state index contributed by atoms with van der Waals surface area (Å²) in [6.07, 6.45) is 3.93. The zero-order valence-electron chi connectivity index (χ0n) is 19.0. The molecule has 3 aromatic rings. The second kappa shape index (κ2) is 9.82. The van der Waals surface area contributed by atoms with Gasteiger partial charge >= 0.3 is 0 Å². The van der Waals surface area contributed by atoms with Crippen LogP contribution < -0.4 is 9.64 Å². The van der Waals surface area contributed by atoms with E-state index in [2.05, 4.69) is 57.6 Å². The molecule has 2 aromatic carbocycles. The number of aryl methyl sites for hydroxylation is 1. The van der Waals surface area contributed by atoms with Crippen molar-refractivity contribution in [2.24, 2.45) is 0 Å². The number of hydrogen-bond donors (Lipinski definition) is 1. The molecule has 7 nitrogen and oxygen atoms in total. The zero-order chi connectivity index (χ0) is 22.6. The van der Waals surface area contributed by atoms with Crippen LogP contribution in [-0.2, 0) is 9.47 Å². The number of anilines is 1. The van der Waals surface area contributed by atoms with E-state index in [1.807, 2.05) is 6.92 Å². The molecular weight excluding hydrogens is 416 g/mol. The fourth-order valence-corrected chi connectivity index (χ4v) is 4.93. The highest BCUT2D eigenvalue weighted by atomic mass is 16.7. The molecule has 172 valence electrons. The van der Waals surface area contributed by atoms with Crippen LogP contribution in [-0.4, -0.2) is 49.4 Å². The second-order valence-corrected chi connectivity index (χ2v) is 8.83. The number of ether oxygens (including phenoxy) is 3. The van der Waals surface area contributed by atoms with E-state index in [1.165, 1.54) is 5.56 Å². The maximum Gasteiger partial charge on any atom is 0.170 e. The standard InChI is InChI=1S/C26H30N4O3/c1-18-4-9-23(26-25(18)22(17-27)28-29-26)30-12-10-20(11-13-30)19-5-7-21(8-6-19)31-14-2-3-24-32-15-16-33-24/h4-9,20,24H,2-3,10-16H2,1H3,(H,28,29). The van der Waals surface area contributed by atoms with E-state index >= 15 is 0 Å². The topological polar surface area (TPSA) is 83.4 Å². The van der Waals surface area contributed by atoms with Crippen LogP contribution in [0.1, 0.15) is 48.4 Å². The van der Waals surface area contributed by atoms with Crippen molar-refractivity contribution < 1.29 is 14.2 Å². The van der Waals surface area contributed by atoms with Crippen molar-refractivity contribution in [1.29, 1.82) is 5.26 Å². The molecule has 33 heavy (non-hydrogen) atoms. The van der Waals surface area contributed by atoms with Gasteiger partial charge in [-0.25, -0.2) is 0 Å². The predicted octanol–water partition coefficient (Wildman–Crippen LogP) is 4.66. The lowest BCUT2D eigenvalue weighted by molar-refractivity contribution is -0.0492. The molecule has 2 aliphatic rings. The Morgan fingerprint density at radius 1 is 1.12 bits per heavy atom. The monoisotopic (exact) mass is 446 g/mol. The summed E-state index contributed by atoms with van der Waals surface area (Å²) in [4.78, 5) is 2.41. The third kappa shape index (κ3) is 4.68. The Morgan fingerprint density at radius 3 is 2.61 bits per heavy atom. The van der Waals surface area contributed by atoms with Crippen LogP contribution >= 0.6 is 0 Å². The van der Waals surface area contributed by atoms with Gasteiger partial charge in [-0.3, -0.25) is 5.10 Å². The van der Waals surface area contributed by atoms with Crippen LogP contribution in [0.2, 0.25) is 0 Å². The van der Waals surface area contributed by atoms with Crippen LogP contribution in [0, 0.1) is 18.3 Å². The molecule has 0 unspecified atom stereocenters. The van der Waals surface area contributed by atoms with Gasteiger partial charge in [0.05, 0.1) is 31.0 Å². The lowest BCUT2D eigenvalue weighted by Crippen LogP contribution is -2.33. The molecule has 2 aliphatic heterocycles. The Kier molecular flexibility index (Phi) is 6.47. The maximum absolute atomic E-state index is 9.37. The van der Waals surface area contributed by atoms with Crippen molar-refractivity contribution >= 4 is 16.6 Å². The number of nitrogens with zero attached hydrogens (tertiary/aromatic N) is 3. The van der Waals surface area contributed by atoms with Gasteiger partial charge in [0.15, 0.2) is 12.0 Å². The molecule has 0 amide bonds. The number of nitrogens with one attached hydrogen (secondary N) is 1. The van der Waals surface area contributed by atoms with E-state index in [4.69, 9.17) is 14.2 Å². The third-order valence-electron chi connectivity index (χ3n) is 6.74. The first-order chi connectivity index (χ1) is 16.2. The Hall–Kier alpha value is -3.08. The molecule has 0 radical (unpaired) electrons. The Balaban J connectivity index is 1.15. The zero-order valence-corrected chi connectivity index (χ0v) is 19.0. The number of piperidine rings is 1. The van der Waals surface area contributed by atoms with E-state index in [1.54, 1.807) is 0 Å². The van der Waals surface area contributed by atoms with Crippen molar-refractivity contribution in [3.63, 3.8) is 0 Å². The summed E-state index contributed by atoms with van der Waals surface area (Å²) < 4.78 is 16.8. The number of fused-ring (bicyclic) bond motifs is 1. The van der Waals surface area contributed by atoms with Crippen molar-refractivity contribution in [3.05, 3.63) is 53.2 Å². The van der Waals surface area contributed by atoms with Gasteiger partial charge in [-0.1, -0.05) is 18.2 Å². The molecule has 1 N–H and O–H groups in total. The summed E-state index contributed by atoms with van der Waals surface area (Å²) in [5.41, 5.74) is 5.04. The molecule has 0 aliphatic carbocycles. The number of nitriles is 1. The van der Waals surface area contributed by atoms with Gasteiger partial charge in [-0.2, -0.15) is 10.4 Å². The molecule has 2 saturated heterocycles. The molecule has 7 heteroatoms. The maximum atomic E-state index is 9.37. The number of aromatic amines is 1. The second-order valence-electron chi connectivity index (χ2n) is 8.83. The van der Waals surface area contributed by atoms with Crippen molar-refractivity contribution in [1.82, 2.24) is 10.2 Å². The largest absolute Gasteiger partial charge is 0.494 e. The van der Waals surface area contributed by atoms with Crippen molar-refractivity contribution in [2.75, 3.05) is 37.8 Å². The minimum atomic E-state index is -0.0560. The molecule has 0 spiro atoms. The average molecular weight is 447 g/mol. The minimum absolute atomic E-state index is 0.0560. The van der Waals surface area contributed by atoms with Crippen LogP contribution in [0.5, 0.6) is 5.75 Å². The Bertz CT molecular complexity index is 1120. The lowest BCUT2D eigenvalue weighted by Gasteiger charge is -2.34. The fourth-order valence-electron chi connectivity index (χ4n) is 4.93. The molecule has 3 heterocycles. The Morgan fingerprint density at radius 2 is 1.88 bits per heavy atom. The van der Waals surface area contributed by atoms with Crippen molar-refractivity contribution in [2.45, 2.75) is 44.8 Å². The molecule has 5 rings (SSSR count). The summed E-state index contributed by atoms with van der Waals surface area (Å²) in [5, 5.41) is 17.6. The first kappa shape index (κ1) is 21.7. The highest BCUT2D eigenvalue weighted by molar-refractivity contribution is 5.96. The quantitative estimate of drug-likeness (QED) is 0.532. The SMILES string of the molecule is Cc1ccc(N2CCC(c3ccc(OCCCC4OCCO4)cc3)CC2)c2[nH]nc(C#N)c12. The van der Waals surface area contributed by atoms with Gasteiger partial charge in [0.2, 0.25) is 0 Å². The van der Waals surface area contributed by atoms with Crippen LogP contribution in [0.25, 0.3) is 10.9 Å². The number of rotatable bonds is 7. The molecule has 1 aromatic heterocycles. The van der Waals surface area contributed by atoms with E-state index in [-0.39, 0.29) is 6.29 Å². The van der Waals surface area contributed by atoms with Crippen LogP contribution in [0.4, 0.5) is 5.69 Å². The van der Waals surface area contributed by atoms with E-state index in [9.17, 15) is 5.26 Å². The van der Waals surface area contributed by atoms with Gasteiger partial charge in [0.1, 0.15) is 11.8 Å². The highest BCUT2D eigenvalue weighted by Gasteiger charge is 2.23. The summed E-state index contributed by atoms with van der Waals surface area (Å²) in [6, 6.07) is 15.0. The van der Waals surface area contributed by atoms with E-state index in [0.29, 0.717) is 31.4 Å². The van der Waals surface area contributed by atoms with Gasteiger partial charge in [0.25, 0.3) is 0 Å². The van der Waals surface area contributed by atoms with Gasteiger partial charge in [-0.05, 0) is 61.4 Å². The Labute approximate surface area is 194 Å². The minimum Gasteiger partial charge on any atom is -0.494 e. The van der Waals surface area contributed by atoms with Gasteiger partial charge in [-0.15, -0.1) is 0 Å². The summed E-state index contributed by atoms with van der Waals surface area (Å²) >= 11 is 0. The average Bonchev–Trinajstić information content (AvgIpc) is 3.53. The van der Waals surface area contributed by atoms with Gasteiger partial charge < -0.3 is 19.1 Å². The smallest absolute Gasteiger partial charge is 0.170 e. The van der Waals surface area contributed by atoms with Gasteiger partial charge in [0, 0.05) is 24.9 Å². The number of aromatic nitrogens is 2. The first-order valence-corrected chi connectivity index (χ1v) is 11.8. The van der Waals surface area contributed by atoms with Crippen molar-refractivity contribution in [3.8, 4) is 11.8 Å². The molecule has 0 atom stereocenters. The lowest BCUT2D eigenvalue weighted by atomic mass is 9.89. The number of H-pyrrole nitrogens is 1. The van der Waals surface area contributed by atoms with E-state index in [0.717, 1.165) is 66.7 Å². The van der Waals surface area contributed by atoms with E-state index < -0.39 is 0 Å². The summed E-state index contributed by atoms with van der Waals surface area (Å²) in [7, 11) is 0. The predicted molar refractivity (Wildman–Crippen MR) is 127 cm³/mol. The molecule has 0 bridgehead atoms. The summed E-state index contributed by atoms with van der Waals surface area (Å²) in [6.45, 7) is 6.06. The van der Waals surface area contributed by atoms with Crippen LogP contribution in [0.15, 0.2) is 36.4 Å². The molecule has 0 saturated carbocycles. The first-order valence-electron chi connectivity index (χ1n) is 11.8.